The maximum Gasteiger partial charge on any atom is 0.410 e. The molecule has 1 amide bonds. The quantitative estimate of drug-likeness (QED) is 0.827. The summed E-state index contributed by atoms with van der Waals surface area (Å²) in [6.07, 6.45) is 4.76. The van der Waals surface area contributed by atoms with E-state index < -0.39 is 11.7 Å². The summed E-state index contributed by atoms with van der Waals surface area (Å²) in [6.45, 7) is 6.72. The second kappa shape index (κ2) is 5.74. The Labute approximate surface area is 165 Å². The molecule has 0 unspecified atom stereocenters. The van der Waals surface area contributed by atoms with Crippen LogP contribution in [0.25, 0.3) is 11.3 Å². The molecule has 1 saturated heterocycles. The average Bonchev–Trinajstić information content (AvgIpc) is 3.25. The highest BCUT2D eigenvalue weighted by Crippen LogP contribution is 2.55. The van der Waals surface area contributed by atoms with Gasteiger partial charge in [-0.2, -0.15) is 0 Å². The topological polar surface area (TPSA) is 67.6 Å². The van der Waals surface area contributed by atoms with Crippen molar-refractivity contribution in [3.8, 4) is 11.3 Å². The molecule has 6 heteroatoms. The molecular weight excluding hydrogens is 354 g/mol. The summed E-state index contributed by atoms with van der Waals surface area (Å²) in [5.41, 5.74) is 2.54. The molecule has 28 heavy (non-hydrogen) atoms. The van der Waals surface area contributed by atoms with E-state index in [1.54, 1.807) is 4.90 Å². The highest BCUT2D eigenvalue weighted by molar-refractivity contribution is 5.70. The lowest BCUT2D eigenvalue weighted by Crippen LogP contribution is -2.63. The zero-order chi connectivity index (χ0) is 19.7. The van der Waals surface area contributed by atoms with E-state index in [1.165, 1.54) is 0 Å². The monoisotopic (exact) mass is 379 g/mol. The molecule has 1 aliphatic carbocycles. The SMILES string of the molecule is CC(C)(C)OC(=O)N1CC2(CC[C@H]([C@H]3c4c#cccc4-c4cncn43)[C@@H]2O)C1. The number of rotatable bonds is 1. The first kappa shape index (κ1) is 17.6. The van der Waals surface area contributed by atoms with Gasteiger partial charge < -0.3 is 19.3 Å². The second-order valence-corrected chi connectivity index (χ2v) is 9.41. The largest absolute Gasteiger partial charge is 0.444 e. The van der Waals surface area contributed by atoms with Gasteiger partial charge in [0, 0.05) is 35.5 Å². The van der Waals surface area contributed by atoms with Crippen LogP contribution in [0.15, 0.2) is 24.7 Å². The summed E-state index contributed by atoms with van der Waals surface area (Å²) in [4.78, 5) is 18.3. The maximum atomic E-state index is 12.3. The number of hydrogen-bond donors (Lipinski definition) is 1. The molecule has 2 aromatic rings. The van der Waals surface area contributed by atoms with Crippen LogP contribution in [-0.4, -0.2) is 50.4 Å². The highest BCUT2D eigenvalue weighted by Gasteiger charge is 2.59. The molecule has 3 atom stereocenters. The van der Waals surface area contributed by atoms with E-state index >= 15 is 0 Å². The van der Waals surface area contributed by atoms with Gasteiger partial charge in [-0.1, -0.05) is 12.1 Å². The fraction of sp³-hybridized carbons (Fsp3) is 0.545. The molecule has 2 aliphatic heterocycles. The van der Waals surface area contributed by atoms with Crippen molar-refractivity contribution in [3.05, 3.63) is 42.4 Å². The van der Waals surface area contributed by atoms with Crippen molar-refractivity contribution in [1.82, 2.24) is 14.5 Å². The van der Waals surface area contributed by atoms with Crippen molar-refractivity contribution in [2.45, 2.75) is 51.4 Å². The molecule has 1 aromatic heterocycles. The van der Waals surface area contributed by atoms with Gasteiger partial charge in [0.05, 0.1) is 30.4 Å². The zero-order valence-corrected chi connectivity index (χ0v) is 16.5. The van der Waals surface area contributed by atoms with E-state index in [1.807, 2.05) is 45.4 Å². The molecule has 3 heterocycles. The Kier molecular flexibility index (Phi) is 3.60. The number of ether oxygens (including phenoxy) is 1. The summed E-state index contributed by atoms with van der Waals surface area (Å²) < 4.78 is 7.63. The number of nitrogens with zero attached hydrogens (tertiary/aromatic N) is 3. The van der Waals surface area contributed by atoms with Gasteiger partial charge in [0.1, 0.15) is 5.60 Å². The van der Waals surface area contributed by atoms with Crippen LogP contribution in [-0.2, 0) is 4.74 Å². The summed E-state index contributed by atoms with van der Waals surface area (Å²) in [5, 5.41) is 11.3. The van der Waals surface area contributed by atoms with Crippen molar-refractivity contribution in [2.24, 2.45) is 11.3 Å². The summed E-state index contributed by atoms with van der Waals surface area (Å²) in [6, 6.07) is 10.3. The van der Waals surface area contributed by atoms with Crippen LogP contribution in [0.2, 0.25) is 0 Å². The molecule has 146 valence electrons. The number of aliphatic hydroxyl groups is 1. The van der Waals surface area contributed by atoms with E-state index in [4.69, 9.17) is 4.74 Å². The van der Waals surface area contributed by atoms with Crippen LogP contribution in [0.1, 0.15) is 45.2 Å². The number of imidazole rings is 1. The molecule has 0 radical (unpaired) electrons. The first-order valence-corrected chi connectivity index (χ1v) is 9.90. The van der Waals surface area contributed by atoms with Gasteiger partial charge >= 0.3 is 6.09 Å². The fourth-order valence-corrected chi connectivity index (χ4v) is 5.21. The minimum atomic E-state index is -0.506. The minimum Gasteiger partial charge on any atom is -0.444 e. The lowest BCUT2D eigenvalue weighted by Gasteiger charge is -2.50. The molecule has 2 fully saturated rings. The lowest BCUT2D eigenvalue weighted by molar-refractivity contribution is -0.0900. The molecule has 1 N–H and O–H groups in total. The number of hydrogen-bond acceptors (Lipinski definition) is 4. The second-order valence-electron chi connectivity index (χ2n) is 9.41. The van der Waals surface area contributed by atoms with Crippen LogP contribution < -0.4 is 0 Å². The zero-order valence-electron chi connectivity index (χ0n) is 16.5. The molecule has 6 nitrogen and oxygen atoms in total. The highest BCUT2D eigenvalue weighted by atomic mass is 16.6. The lowest BCUT2D eigenvalue weighted by atomic mass is 9.74. The Bertz CT molecular complexity index is 923. The third kappa shape index (κ3) is 2.46. The Morgan fingerprint density at radius 3 is 2.93 bits per heavy atom. The third-order valence-electron chi connectivity index (χ3n) is 6.45. The van der Waals surface area contributed by atoms with Gasteiger partial charge in [-0.3, -0.25) is 0 Å². The number of aliphatic hydroxyl groups excluding tert-OH is 1. The van der Waals surface area contributed by atoms with Crippen molar-refractivity contribution in [1.29, 1.82) is 0 Å². The third-order valence-corrected chi connectivity index (χ3v) is 6.45. The molecule has 0 bridgehead atoms. The number of carbonyl (C=O) groups is 1. The van der Waals surface area contributed by atoms with Crippen molar-refractivity contribution < 1.29 is 14.6 Å². The van der Waals surface area contributed by atoms with Gasteiger partial charge in [-0.15, -0.1) is 0 Å². The van der Waals surface area contributed by atoms with Crippen LogP contribution in [0.4, 0.5) is 4.79 Å². The van der Waals surface area contributed by atoms with E-state index in [2.05, 4.69) is 21.7 Å². The van der Waals surface area contributed by atoms with Crippen molar-refractivity contribution in [3.63, 3.8) is 0 Å². The number of amides is 1. The number of carbonyl (C=O) groups excluding carboxylic acids is 1. The Hall–Kier alpha value is -2.52. The fourth-order valence-electron chi connectivity index (χ4n) is 5.21. The van der Waals surface area contributed by atoms with E-state index in [9.17, 15) is 9.90 Å². The average molecular weight is 379 g/mol. The van der Waals surface area contributed by atoms with Crippen LogP contribution >= 0.6 is 0 Å². The van der Waals surface area contributed by atoms with Crippen molar-refractivity contribution >= 4 is 6.09 Å². The number of aromatic nitrogens is 2. The van der Waals surface area contributed by atoms with Gasteiger partial charge in [0.2, 0.25) is 0 Å². The first-order chi connectivity index (χ1) is 13.3. The van der Waals surface area contributed by atoms with Gasteiger partial charge in [0.25, 0.3) is 0 Å². The number of likely N-dealkylation sites (tertiary alicyclic amines) is 1. The Morgan fingerprint density at radius 2 is 2.18 bits per heavy atom. The predicted octanol–water partition coefficient (Wildman–Crippen LogP) is 3.06. The molecule has 5 rings (SSSR count). The van der Waals surface area contributed by atoms with E-state index in [0.29, 0.717) is 13.1 Å². The van der Waals surface area contributed by atoms with Crippen LogP contribution in [0.3, 0.4) is 0 Å². The molecule has 1 spiro atoms. The standard InChI is InChI=1S/C22H25N3O3/c1-21(2,3)28-20(27)24-11-22(12-24)9-8-16(19(22)26)18-15-7-5-4-6-14(15)17-10-23-13-25(17)18/h4,6,10,13,16,18-19,26H,8-9,11-12H2,1-3H3/t16-,18-,19+/m1/s1. The summed E-state index contributed by atoms with van der Waals surface area (Å²) in [7, 11) is 0. The normalized spacial score (nSPS) is 27.1. The van der Waals surface area contributed by atoms with Crippen LogP contribution in [0.5, 0.6) is 0 Å². The first-order valence-electron chi connectivity index (χ1n) is 9.90. The predicted molar refractivity (Wildman–Crippen MR) is 102 cm³/mol. The molecule has 1 saturated carbocycles. The van der Waals surface area contributed by atoms with E-state index in [0.717, 1.165) is 29.7 Å². The van der Waals surface area contributed by atoms with Crippen molar-refractivity contribution in [2.75, 3.05) is 13.1 Å². The van der Waals surface area contributed by atoms with Gasteiger partial charge in [0.15, 0.2) is 0 Å². The summed E-state index contributed by atoms with van der Waals surface area (Å²) >= 11 is 0. The smallest absolute Gasteiger partial charge is 0.410 e. The molecule has 1 aromatic carbocycles. The Balaban J connectivity index is 1.36. The summed E-state index contributed by atoms with van der Waals surface area (Å²) in [5.74, 6) is 0.0713. The van der Waals surface area contributed by atoms with Crippen LogP contribution in [0, 0.1) is 23.5 Å². The van der Waals surface area contributed by atoms with Gasteiger partial charge in [-0.25, -0.2) is 9.78 Å². The number of fused-ring (bicyclic) bond motifs is 3. The molecule has 3 aliphatic rings. The Morgan fingerprint density at radius 1 is 1.39 bits per heavy atom. The van der Waals surface area contributed by atoms with Gasteiger partial charge in [-0.05, 0) is 45.7 Å². The maximum absolute atomic E-state index is 12.3. The molecular formula is C22H25N3O3. The van der Waals surface area contributed by atoms with E-state index in [-0.39, 0.29) is 23.5 Å². The minimum absolute atomic E-state index is 0.0231.